The van der Waals surface area contributed by atoms with Crippen LogP contribution in [0.5, 0.6) is 0 Å². The topological polar surface area (TPSA) is 55.8 Å². The molecule has 1 aliphatic rings. The third-order valence-corrected chi connectivity index (χ3v) is 2.19. The van der Waals surface area contributed by atoms with Crippen molar-refractivity contribution in [2.75, 3.05) is 13.2 Å². The smallest absolute Gasteiger partial charge is 0.306 e. The normalized spacial score (nSPS) is 20.4. The first-order valence-electron chi connectivity index (χ1n) is 4.66. The second kappa shape index (κ2) is 5.19. The van der Waals surface area contributed by atoms with Gasteiger partial charge in [0.1, 0.15) is 0 Å². The Balaban J connectivity index is 2.02. The van der Waals surface area contributed by atoms with Gasteiger partial charge in [0.05, 0.1) is 19.1 Å². The van der Waals surface area contributed by atoms with Gasteiger partial charge in [0.2, 0.25) is 0 Å². The van der Waals surface area contributed by atoms with E-state index in [-0.39, 0.29) is 12.2 Å². The van der Waals surface area contributed by atoms with Crippen LogP contribution in [0, 0.1) is 5.92 Å². The Labute approximate surface area is 77.8 Å². The first-order valence-corrected chi connectivity index (χ1v) is 4.66. The molecule has 1 atom stereocenters. The van der Waals surface area contributed by atoms with Crippen molar-refractivity contribution in [2.24, 2.45) is 5.92 Å². The minimum absolute atomic E-state index is 0.0963. The van der Waals surface area contributed by atoms with Crippen LogP contribution in [-0.4, -0.2) is 30.6 Å². The summed E-state index contributed by atoms with van der Waals surface area (Å²) < 4.78 is 10.5. The maximum Gasteiger partial charge on any atom is 0.306 e. The number of carbonyl (C=O) groups is 1. The van der Waals surface area contributed by atoms with Crippen LogP contribution in [0.15, 0.2) is 0 Å². The van der Waals surface area contributed by atoms with Crippen LogP contribution >= 0.6 is 0 Å². The molecule has 1 rings (SSSR count). The van der Waals surface area contributed by atoms with Crippen molar-refractivity contribution in [3.8, 4) is 0 Å². The molecular weight excluding hydrogens is 172 g/mol. The van der Waals surface area contributed by atoms with Crippen LogP contribution in [0.25, 0.3) is 0 Å². The number of hydrogen-bond donors (Lipinski definition) is 1. The second-order valence-corrected chi connectivity index (χ2v) is 3.34. The van der Waals surface area contributed by atoms with Crippen LogP contribution in [0.3, 0.4) is 0 Å². The Hall–Kier alpha value is -0.610. The van der Waals surface area contributed by atoms with Crippen molar-refractivity contribution in [3.05, 3.63) is 0 Å². The highest BCUT2D eigenvalue weighted by atomic mass is 16.7. The van der Waals surface area contributed by atoms with Gasteiger partial charge in [-0.25, -0.2) is 0 Å². The molecule has 4 nitrogen and oxygen atoms in total. The highest BCUT2D eigenvalue weighted by molar-refractivity contribution is 5.69. The molecule has 1 aliphatic heterocycles. The van der Waals surface area contributed by atoms with E-state index in [0.29, 0.717) is 19.6 Å². The van der Waals surface area contributed by atoms with Crippen LogP contribution in [0.2, 0.25) is 0 Å². The number of aliphatic carboxylic acids is 1. The van der Waals surface area contributed by atoms with E-state index in [2.05, 4.69) is 0 Å². The Kier molecular flexibility index (Phi) is 4.18. The van der Waals surface area contributed by atoms with E-state index in [9.17, 15) is 4.79 Å². The van der Waals surface area contributed by atoms with Crippen molar-refractivity contribution >= 4 is 5.97 Å². The van der Waals surface area contributed by atoms with Crippen LogP contribution in [0.1, 0.15) is 26.2 Å². The molecule has 0 radical (unpaired) electrons. The summed E-state index contributed by atoms with van der Waals surface area (Å²) in [5.74, 6) is -0.991. The Morgan fingerprint density at radius 1 is 1.54 bits per heavy atom. The first kappa shape index (κ1) is 10.5. The highest BCUT2D eigenvalue weighted by Crippen LogP contribution is 2.14. The molecule has 0 spiro atoms. The van der Waals surface area contributed by atoms with Gasteiger partial charge >= 0.3 is 5.97 Å². The molecule has 0 amide bonds. The molecule has 0 aromatic carbocycles. The van der Waals surface area contributed by atoms with Gasteiger partial charge in [-0.1, -0.05) is 6.92 Å². The summed E-state index contributed by atoms with van der Waals surface area (Å²) in [7, 11) is 0. The summed E-state index contributed by atoms with van der Waals surface area (Å²) in [5, 5.41) is 8.61. The van der Waals surface area contributed by atoms with Gasteiger partial charge in [0.15, 0.2) is 6.29 Å². The third-order valence-electron chi connectivity index (χ3n) is 2.19. The predicted octanol–water partition coefficient (Wildman–Crippen LogP) is 1.25. The zero-order chi connectivity index (χ0) is 9.68. The van der Waals surface area contributed by atoms with Crippen LogP contribution < -0.4 is 0 Å². The largest absolute Gasteiger partial charge is 0.481 e. The fourth-order valence-corrected chi connectivity index (χ4v) is 1.29. The summed E-state index contributed by atoms with van der Waals surface area (Å²) in [5.41, 5.74) is 0. The zero-order valence-electron chi connectivity index (χ0n) is 7.86. The van der Waals surface area contributed by atoms with Crippen molar-refractivity contribution in [2.45, 2.75) is 32.5 Å². The van der Waals surface area contributed by atoms with E-state index in [4.69, 9.17) is 14.6 Å². The van der Waals surface area contributed by atoms with Gasteiger partial charge in [0.25, 0.3) is 0 Å². The SMILES string of the molecule is C[C@@H](CCCC1OCCO1)C(=O)O. The van der Waals surface area contributed by atoms with Crippen LogP contribution in [0.4, 0.5) is 0 Å². The molecule has 0 aliphatic carbocycles. The molecule has 0 aromatic heterocycles. The molecule has 1 saturated heterocycles. The lowest BCUT2D eigenvalue weighted by molar-refractivity contribution is -0.141. The fraction of sp³-hybridized carbons (Fsp3) is 0.889. The number of carboxylic acid groups (broad SMARTS) is 1. The maximum atomic E-state index is 10.5. The summed E-state index contributed by atoms with van der Waals surface area (Å²) in [6.45, 7) is 3.05. The number of rotatable bonds is 5. The van der Waals surface area contributed by atoms with Crippen molar-refractivity contribution in [1.29, 1.82) is 0 Å². The molecule has 1 N–H and O–H groups in total. The van der Waals surface area contributed by atoms with E-state index in [0.717, 1.165) is 12.8 Å². The standard InChI is InChI=1S/C9H16O4/c1-7(9(10)11)3-2-4-8-12-5-6-13-8/h7-8H,2-6H2,1H3,(H,10,11)/t7-/m0/s1. The minimum Gasteiger partial charge on any atom is -0.481 e. The zero-order valence-corrected chi connectivity index (χ0v) is 7.86. The highest BCUT2D eigenvalue weighted by Gasteiger charge is 2.17. The summed E-state index contributed by atoms with van der Waals surface area (Å²) >= 11 is 0. The Morgan fingerprint density at radius 3 is 2.69 bits per heavy atom. The van der Waals surface area contributed by atoms with Gasteiger partial charge in [-0.2, -0.15) is 0 Å². The monoisotopic (exact) mass is 188 g/mol. The quantitative estimate of drug-likeness (QED) is 0.705. The lowest BCUT2D eigenvalue weighted by Gasteiger charge is -2.09. The molecule has 0 saturated carbocycles. The van der Waals surface area contributed by atoms with Gasteiger partial charge in [-0.05, 0) is 19.3 Å². The number of ether oxygens (including phenoxy) is 2. The van der Waals surface area contributed by atoms with E-state index in [1.165, 1.54) is 0 Å². The molecule has 0 unspecified atom stereocenters. The molecule has 76 valence electrons. The average molecular weight is 188 g/mol. The van der Waals surface area contributed by atoms with Gasteiger partial charge in [-0.3, -0.25) is 4.79 Å². The third kappa shape index (κ3) is 3.74. The summed E-state index contributed by atoms with van der Waals surface area (Å²) in [4.78, 5) is 10.5. The minimum atomic E-state index is -0.728. The molecule has 13 heavy (non-hydrogen) atoms. The maximum absolute atomic E-state index is 10.5. The van der Waals surface area contributed by atoms with Gasteiger partial charge in [-0.15, -0.1) is 0 Å². The number of carboxylic acids is 1. The van der Waals surface area contributed by atoms with Crippen molar-refractivity contribution in [1.82, 2.24) is 0 Å². The first-order chi connectivity index (χ1) is 6.20. The Morgan fingerprint density at radius 2 is 2.15 bits per heavy atom. The lowest BCUT2D eigenvalue weighted by atomic mass is 10.0. The van der Waals surface area contributed by atoms with E-state index in [1.807, 2.05) is 0 Å². The van der Waals surface area contributed by atoms with Crippen molar-refractivity contribution < 1.29 is 19.4 Å². The summed E-state index contributed by atoms with van der Waals surface area (Å²) in [6.07, 6.45) is 2.25. The molecule has 1 fully saturated rings. The van der Waals surface area contributed by atoms with E-state index < -0.39 is 5.97 Å². The molecule has 0 bridgehead atoms. The van der Waals surface area contributed by atoms with Gasteiger partial charge in [0, 0.05) is 0 Å². The fourth-order valence-electron chi connectivity index (χ4n) is 1.29. The van der Waals surface area contributed by atoms with E-state index in [1.54, 1.807) is 6.92 Å². The molecule has 0 aromatic rings. The van der Waals surface area contributed by atoms with Crippen molar-refractivity contribution in [3.63, 3.8) is 0 Å². The molecular formula is C9H16O4. The lowest BCUT2D eigenvalue weighted by Crippen LogP contribution is -2.12. The molecule has 1 heterocycles. The van der Waals surface area contributed by atoms with Gasteiger partial charge < -0.3 is 14.6 Å². The Bertz CT molecular complexity index is 163. The van der Waals surface area contributed by atoms with Crippen LogP contribution in [-0.2, 0) is 14.3 Å². The predicted molar refractivity (Wildman–Crippen MR) is 46.3 cm³/mol. The second-order valence-electron chi connectivity index (χ2n) is 3.34. The number of hydrogen-bond acceptors (Lipinski definition) is 3. The summed E-state index contributed by atoms with van der Waals surface area (Å²) in [6, 6.07) is 0. The molecule has 4 heteroatoms. The van der Waals surface area contributed by atoms with E-state index >= 15 is 0 Å². The average Bonchev–Trinajstić information content (AvgIpc) is 2.56.